The van der Waals surface area contributed by atoms with Gasteiger partial charge in [-0.25, -0.2) is 0 Å². The standard InChI is InChI=1S/C31H23Cl2N3O6S2/c1-2-10-40-21-5-3-4-17(13-21)26-25(27(37)18-7-9-23-24(14-18)42-12-11-41-23)28(38)29(39)36(26)30-34-35-31(44-30)43-16-19-6-8-20(32)15-22(19)33/h2-9,13-15,26,37H,1,10-12,16H2/b27-25-. The Bertz CT molecular complexity index is 1810. The van der Waals surface area contributed by atoms with Gasteiger partial charge >= 0.3 is 5.91 Å². The van der Waals surface area contributed by atoms with E-state index in [2.05, 4.69) is 16.8 Å². The lowest BCUT2D eigenvalue weighted by Gasteiger charge is -2.23. The van der Waals surface area contributed by atoms with Gasteiger partial charge in [0.2, 0.25) is 5.13 Å². The van der Waals surface area contributed by atoms with Gasteiger partial charge in [-0.3, -0.25) is 14.5 Å². The number of hydrogen-bond acceptors (Lipinski definition) is 10. The second kappa shape index (κ2) is 12.9. The number of benzene rings is 3. The number of Topliss-reactive ketones (excluding diaryl/α,β-unsaturated/α-hetero) is 1. The third-order valence-corrected chi connectivity index (χ3v) is 9.46. The minimum Gasteiger partial charge on any atom is -0.507 e. The number of rotatable bonds is 9. The average Bonchev–Trinajstić information content (AvgIpc) is 3.60. The molecule has 1 amide bonds. The van der Waals surface area contributed by atoms with Crippen LogP contribution in [-0.2, 0) is 15.3 Å². The van der Waals surface area contributed by atoms with Crippen molar-refractivity contribution < 1.29 is 28.9 Å². The maximum Gasteiger partial charge on any atom is 0.301 e. The first kappa shape index (κ1) is 30.0. The van der Waals surface area contributed by atoms with Gasteiger partial charge in [0.1, 0.15) is 31.3 Å². The highest BCUT2D eigenvalue weighted by Crippen LogP contribution is 2.45. The predicted molar refractivity (Wildman–Crippen MR) is 170 cm³/mol. The summed E-state index contributed by atoms with van der Waals surface area (Å²) in [7, 11) is 0. The van der Waals surface area contributed by atoms with Crippen LogP contribution in [0.5, 0.6) is 17.2 Å². The number of aliphatic hydroxyl groups excluding tert-OH is 1. The highest BCUT2D eigenvalue weighted by Gasteiger charge is 2.48. The van der Waals surface area contributed by atoms with Crippen LogP contribution in [0.1, 0.15) is 22.7 Å². The zero-order valence-corrected chi connectivity index (χ0v) is 26.0. The fourth-order valence-electron chi connectivity index (χ4n) is 4.76. The van der Waals surface area contributed by atoms with Crippen molar-refractivity contribution in [3.8, 4) is 17.2 Å². The Hall–Kier alpha value is -4.03. The molecule has 6 rings (SSSR count). The van der Waals surface area contributed by atoms with Crippen molar-refractivity contribution in [3.63, 3.8) is 0 Å². The Labute approximate surface area is 270 Å². The SMILES string of the molecule is C=CCOc1cccc(C2/C(=C(/O)c3ccc4c(c3)OCCO4)C(=O)C(=O)N2c2nnc(SCc3ccc(Cl)cc3Cl)s2)c1. The van der Waals surface area contributed by atoms with Crippen molar-refractivity contribution in [2.24, 2.45) is 0 Å². The fourth-order valence-corrected chi connectivity index (χ4v) is 7.18. The molecule has 224 valence electrons. The van der Waals surface area contributed by atoms with Gasteiger partial charge in [0, 0.05) is 21.4 Å². The minimum absolute atomic E-state index is 0.107. The zero-order chi connectivity index (χ0) is 30.8. The average molecular weight is 669 g/mol. The molecule has 1 fully saturated rings. The maximum absolute atomic E-state index is 13.6. The predicted octanol–water partition coefficient (Wildman–Crippen LogP) is 7.10. The number of aliphatic hydroxyl groups is 1. The number of anilines is 1. The third-order valence-electron chi connectivity index (χ3n) is 6.77. The summed E-state index contributed by atoms with van der Waals surface area (Å²) in [6, 6.07) is 16.0. The molecular weight excluding hydrogens is 645 g/mol. The molecule has 0 aliphatic carbocycles. The second-order valence-electron chi connectivity index (χ2n) is 9.57. The molecular formula is C31H23Cl2N3O6S2. The van der Waals surface area contributed by atoms with Crippen LogP contribution in [0.3, 0.4) is 0 Å². The first-order valence-electron chi connectivity index (χ1n) is 13.3. The van der Waals surface area contributed by atoms with E-state index in [1.54, 1.807) is 60.7 Å². The summed E-state index contributed by atoms with van der Waals surface area (Å²) in [4.78, 5) is 28.5. The molecule has 1 unspecified atom stereocenters. The number of carbonyl (C=O) groups excluding carboxylic acids is 2. The van der Waals surface area contributed by atoms with Crippen LogP contribution in [0.15, 0.2) is 83.2 Å². The van der Waals surface area contributed by atoms with Crippen LogP contribution in [0.2, 0.25) is 10.0 Å². The molecule has 1 saturated heterocycles. The molecule has 0 bridgehead atoms. The smallest absolute Gasteiger partial charge is 0.301 e. The van der Waals surface area contributed by atoms with Gasteiger partial charge in [-0.1, -0.05) is 77.2 Å². The zero-order valence-electron chi connectivity index (χ0n) is 22.9. The molecule has 2 aliphatic heterocycles. The summed E-state index contributed by atoms with van der Waals surface area (Å²) in [6.45, 7) is 4.69. The van der Waals surface area contributed by atoms with Gasteiger partial charge in [-0.15, -0.1) is 10.2 Å². The van der Waals surface area contributed by atoms with E-state index < -0.39 is 17.7 Å². The number of ketones is 1. The van der Waals surface area contributed by atoms with Gasteiger partial charge in [0.25, 0.3) is 5.78 Å². The van der Waals surface area contributed by atoms with Gasteiger partial charge in [0.15, 0.2) is 15.8 Å². The van der Waals surface area contributed by atoms with E-state index in [0.29, 0.717) is 61.7 Å². The van der Waals surface area contributed by atoms with Crippen LogP contribution in [-0.4, -0.2) is 46.8 Å². The lowest BCUT2D eigenvalue weighted by Crippen LogP contribution is -2.29. The molecule has 0 radical (unpaired) electrons. The molecule has 9 nitrogen and oxygen atoms in total. The number of fused-ring (bicyclic) bond motifs is 1. The Kier molecular flexibility index (Phi) is 8.81. The molecule has 1 N–H and O–H groups in total. The quantitative estimate of drug-likeness (QED) is 0.0499. The first-order valence-corrected chi connectivity index (χ1v) is 15.8. The fraction of sp³-hybridized carbons (Fsp3) is 0.161. The lowest BCUT2D eigenvalue weighted by atomic mass is 9.95. The van der Waals surface area contributed by atoms with E-state index >= 15 is 0 Å². The van der Waals surface area contributed by atoms with E-state index in [-0.39, 0.29) is 23.1 Å². The topological polar surface area (TPSA) is 111 Å². The summed E-state index contributed by atoms with van der Waals surface area (Å²) in [5, 5.41) is 21.3. The third kappa shape index (κ3) is 6.00. The number of carbonyl (C=O) groups is 2. The van der Waals surface area contributed by atoms with E-state index in [0.717, 1.165) is 16.9 Å². The minimum atomic E-state index is -1.02. The van der Waals surface area contributed by atoms with Gasteiger partial charge in [-0.05, 0) is 53.6 Å². The second-order valence-corrected chi connectivity index (χ2v) is 12.6. The van der Waals surface area contributed by atoms with Crippen molar-refractivity contribution >= 4 is 68.9 Å². The molecule has 3 aromatic carbocycles. The Morgan fingerprint density at radius 2 is 1.91 bits per heavy atom. The van der Waals surface area contributed by atoms with Crippen molar-refractivity contribution in [2.45, 2.75) is 16.1 Å². The number of thioether (sulfide) groups is 1. The number of halogens is 2. The van der Waals surface area contributed by atoms with Crippen LogP contribution in [0, 0.1) is 0 Å². The van der Waals surface area contributed by atoms with E-state index in [4.69, 9.17) is 37.4 Å². The molecule has 0 saturated carbocycles. The van der Waals surface area contributed by atoms with Crippen LogP contribution >= 0.6 is 46.3 Å². The van der Waals surface area contributed by atoms with Crippen molar-refractivity contribution in [1.82, 2.24) is 10.2 Å². The lowest BCUT2D eigenvalue weighted by molar-refractivity contribution is -0.132. The molecule has 13 heteroatoms. The largest absolute Gasteiger partial charge is 0.507 e. The molecule has 0 spiro atoms. The van der Waals surface area contributed by atoms with Crippen molar-refractivity contribution in [2.75, 3.05) is 24.7 Å². The normalized spacial score (nSPS) is 17.1. The van der Waals surface area contributed by atoms with Crippen molar-refractivity contribution in [1.29, 1.82) is 0 Å². The number of hydrogen-bond donors (Lipinski definition) is 1. The maximum atomic E-state index is 13.6. The van der Waals surface area contributed by atoms with E-state index in [9.17, 15) is 14.7 Å². The number of aromatic nitrogens is 2. The molecule has 1 atom stereocenters. The highest BCUT2D eigenvalue weighted by atomic mass is 35.5. The van der Waals surface area contributed by atoms with E-state index in [1.807, 2.05) is 6.07 Å². The van der Waals surface area contributed by atoms with Gasteiger partial charge in [0.05, 0.1) is 11.6 Å². The molecule has 1 aromatic heterocycles. The highest BCUT2D eigenvalue weighted by molar-refractivity contribution is 8.00. The van der Waals surface area contributed by atoms with Gasteiger partial charge < -0.3 is 19.3 Å². The van der Waals surface area contributed by atoms with Crippen LogP contribution < -0.4 is 19.1 Å². The molecule has 4 aromatic rings. The van der Waals surface area contributed by atoms with Gasteiger partial charge in [-0.2, -0.15) is 0 Å². The first-order chi connectivity index (χ1) is 21.3. The summed E-state index contributed by atoms with van der Waals surface area (Å²) in [5.74, 6) is -0.132. The Balaban J connectivity index is 1.39. The van der Waals surface area contributed by atoms with Crippen LogP contribution in [0.4, 0.5) is 5.13 Å². The summed E-state index contributed by atoms with van der Waals surface area (Å²) < 4.78 is 17.5. The summed E-state index contributed by atoms with van der Waals surface area (Å²) in [6.07, 6.45) is 1.61. The van der Waals surface area contributed by atoms with E-state index in [1.165, 1.54) is 16.7 Å². The van der Waals surface area contributed by atoms with Crippen molar-refractivity contribution in [3.05, 3.63) is 106 Å². The molecule has 3 heterocycles. The Morgan fingerprint density at radius 3 is 2.70 bits per heavy atom. The summed E-state index contributed by atoms with van der Waals surface area (Å²) >= 11 is 14.9. The molecule has 44 heavy (non-hydrogen) atoms. The number of nitrogens with zero attached hydrogens (tertiary/aromatic N) is 3. The monoisotopic (exact) mass is 667 g/mol. The number of amides is 1. The molecule has 2 aliphatic rings. The van der Waals surface area contributed by atoms with Crippen LogP contribution in [0.25, 0.3) is 5.76 Å². The number of ether oxygens (including phenoxy) is 3. The Morgan fingerprint density at radius 1 is 1.09 bits per heavy atom. The summed E-state index contributed by atoms with van der Waals surface area (Å²) in [5.41, 5.74) is 1.57.